The van der Waals surface area contributed by atoms with Crippen LogP contribution in [0.1, 0.15) is 29.6 Å². The molecule has 1 aromatic rings. The summed E-state index contributed by atoms with van der Waals surface area (Å²) < 4.78 is 0. The minimum atomic E-state index is 0.117. The number of likely N-dealkylation sites (tertiary alicyclic amines) is 1. The number of carbonyl (C=O) groups excluding carboxylic acids is 1. The summed E-state index contributed by atoms with van der Waals surface area (Å²) >= 11 is 0. The fourth-order valence-electron chi connectivity index (χ4n) is 2.46. The van der Waals surface area contributed by atoms with Gasteiger partial charge in [-0.1, -0.05) is 12.1 Å². The first kappa shape index (κ1) is 10.4. The highest BCUT2D eigenvalue weighted by Gasteiger charge is 2.24. The molecule has 3 heteroatoms. The number of ketones is 1. The summed E-state index contributed by atoms with van der Waals surface area (Å²) in [6.07, 6.45) is 5.75. The van der Waals surface area contributed by atoms with E-state index in [9.17, 15) is 4.79 Å². The minimum Gasteiger partial charge on any atom is -0.376 e. The topological polar surface area (TPSA) is 32.3 Å². The van der Waals surface area contributed by atoms with Crippen molar-refractivity contribution in [1.29, 1.82) is 0 Å². The van der Waals surface area contributed by atoms with Crippen molar-refractivity contribution in [2.75, 3.05) is 18.4 Å². The van der Waals surface area contributed by atoms with Gasteiger partial charge >= 0.3 is 0 Å². The van der Waals surface area contributed by atoms with Crippen LogP contribution in [0, 0.1) is 0 Å². The van der Waals surface area contributed by atoms with Gasteiger partial charge in [0.05, 0.1) is 0 Å². The highest BCUT2D eigenvalue weighted by atomic mass is 16.1. The Hall–Kier alpha value is -1.77. The van der Waals surface area contributed by atoms with E-state index in [2.05, 4.69) is 10.2 Å². The monoisotopic (exact) mass is 228 g/mol. The summed E-state index contributed by atoms with van der Waals surface area (Å²) in [6, 6.07) is 7.68. The molecule has 2 heterocycles. The summed E-state index contributed by atoms with van der Waals surface area (Å²) in [7, 11) is 0. The van der Waals surface area contributed by atoms with Gasteiger partial charge in [0.25, 0.3) is 0 Å². The standard InChI is InChI=1S/C14H16N2O/c17-14-11-6-2-3-7-12(11)15-13(14)10-16-8-4-1-5-9-16/h2-3,6-7,10,15H,1,4-5,8-9H2/b13-10-. The van der Waals surface area contributed by atoms with Crippen LogP contribution in [0.25, 0.3) is 0 Å². The zero-order valence-corrected chi connectivity index (χ0v) is 9.78. The number of anilines is 1. The quantitative estimate of drug-likeness (QED) is 0.750. The number of nitrogens with one attached hydrogen (secondary N) is 1. The SMILES string of the molecule is O=C1/C(=C/N2CCCCC2)Nc2ccccc21. The summed E-state index contributed by atoms with van der Waals surface area (Å²) in [5.74, 6) is 0.117. The highest BCUT2D eigenvalue weighted by molar-refractivity contribution is 6.18. The van der Waals surface area contributed by atoms with Crippen LogP contribution in [0.5, 0.6) is 0 Å². The van der Waals surface area contributed by atoms with Crippen molar-refractivity contribution >= 4 is 11.5 Å². The van der Waals surface area contributed by atoms with Gasteiger partial charge in [0.2, 0.25) is 5.78 Å². The Kier molecular flexibility index (Phi) is 2.59. The first-order chi connectivity index (χ1) is 8.34. The van der Waals surface area contributed by atoms with Crippen LogP contribution < -0.4 is 5.32 Å². The van der Waals surface area contributed by atoms with Crippen molar-refractivity contribution in [3.63, 3.8) is 0 Å². The van der Waals surface area contributed by atoms with Crippen LogP contribution in [0.15, 0.2) is 36.2 Å². The number of hydrogen-bond donors (Lipinski definition) is 1. The third kappa shape index (κ3) is 1.93. The third-order valence-electron chi connectivity index (χ3n) is 3.39. The second-order valence-corrected chi connectivity index (χ2v) is 4.64. The summed E-state index contributed by atoms with van der Waals surface area (Å²) in [5, 5.41) is 3.20. The molecule has 1 N–H and O–H groups in total. The van der Waals surface area contributed by atoms with E-state index in [4.69, 9.17) is 0 Å². The second kappa shape index (κ2) is 4.24. The summed E-state index contributed by atoms with van der Waals surface area (Å²) in [5.41, 5.74) is 2.43. The average molecular weight is 228 g/mol. The van der Waals surface area contributed by atoms with Crippen molar-refractivity contribution in [3.05, 3.63) is 41.7 Å². The number of fused-ring (bicyclic) bond motifs is 1. The maximum Gasteiger partial charge on any atom is 0.212 e. The molecule has 0 unspecified atom stereocenters. The maximum absolute atomic E-state index is 12.1. The summed E-state index contributed by atoms with van der Waals surface area (Å²) in [6.45, 7) is 2.13. The largest absolute Gasteiger partial charge is 0.376 e. The van der Waals surface area contributed by atoms with E-state index in [0.717, 1.165) is 24.3 Å². The number of benzene rings is 1. The van der Waals surface area contributed by atoms with E-state index in [-0.39, 0.29) is 5.78 Å². The van der Waals surface area contributed by atoms with Gasteiger partial charge in [-0.15, -0.1) is 0 Å². The molecular formula is C14H16N2O. The van der Waals surface area contributed by atoms with E-state index in [1.807, 2.05) is 30.5 Å². The molecule has 17 heavy (non-hydrogen) atoms. The first-order valence-corrected chi connectivity index (χ1v) is 6.21. The molecule has 1 saturated heterocycles. The van der Waals surface area contributed by atoms with Gasteiger partial charge in [0, 0.05) is 30.5 Å². The molecule has 3 rings (SSSR count). The molecule has 0 radical (unpaired) electrons. The highest BCUT2D eigenvalue weighted by Crippen LogP contribution is 2.27. The fraction of sp³-hybridized carbons (Fsp3) is 0.357. The molecule has 0 atom stereocenters. The molecule has 2 aliphatic heterocycles. The molecule has 0 saturated carbocycles. The number of nitrogens with zero attached hydrogens (tertiary/aromatic N) is 1. The number of Topliss-reactive ketones (excluding diaryl/α,β-unsaturated/α-hetero) is 1. The van der Waals surface area contributed by atoms with Crippen LogP contribution in [0.4, 0.5) is 5.69 Å². The van der Waals surface area contributed by atoms with Crippen LogP contribution in [-0.4, -0.2) is 23.8 Å². The molecule has 0 spiro atoms. The lowest BCUT2D eigenvalue weighted by Crippen LogP contribution is -2.25. The lowest BCUT2D eigenvalue weighted by atomic mass is 10.1. The van der Waals surface area contributed by atoms with Crippen LogP contribution in [0.2, 0.25) is 0 Å². The molecule has 2 aliphatic rings. The Morgan fingerprint density at radius 3 is 2.65 bits per heavy atom. The van der Waals surface area contributed by atoms with Crippen molar-refractivity contribution < 1.29 is 4.79 Å². The lowest BCUT2D eigenvalue weighted by Gasteiger charge is -2.25. The van der Waals surface area contributed by atoms with Gasteiger partial charge in [0.1, 0.15) is 5.70 Å². The van der Waals surface area contributed by atoms with E-state index < -0.39 is 0 Å². The van der Waals surface area contributed by atoms with Crippen LogP contribution >= 0.6 is 0 Å². The van der Waals surface area contributed by atoms with Gasteiger partial charge in [-0.05, 0) is 31.4 Å². The van der Waals surface area contributed by atoms with Crippen molar-refractivity contribution in [3.8, 4) is 0 Å². The smallest absolute Gasteiger partial charge is 0.212 e. The number of para-hydroxylation sites is 1. The zero-order valence-electron chi connectivity index (χ0n) is 9.78. The van der Waals surface area contributed by atoms with Crippen molar-refractivity contribution in [2.24, 2.45) is 0 Å². The number of rotatable bonds is 1. The van der Waals surface area contributed by atoms with Gasteiger partial charge in [0.15, 0.2) is 0 Å². The zero-order chi connectivity index (χ0) is 11.7. The predicted molar refractivity (Wildman–Crippen MR) is 67.9 cm³/mol. The van der Waals surface area contributed by atoms with E-state index in [1.54, 1.807) is 0 Å². The third-order valence-corrected chi connectivity index (χ3v) is 3.39. The minimum absolute atomic E-state index is 0.117. The maximum atomic E-state index is 12.1. The van der Waals surface area contributed by atoms with Gasteiger partial charge in [-0.3, -0.25) is 4.79 Å². The molecule has 0 aliphatic carbocycles. The molecule has 1 aromatic carbocycles. The Morgan fingerprint density at radius 1 is 1.12 bits per heavy atom. The Labute approximate surface area is 101 Å². The molecule has 88 valence electrons. The number of hydrogen-bond acceptors (Lipinski definition) is 3. The normalized spacial score (nSPS) is 21.5. The van der Waals surface area contributed by atoms with Crippen molar-refractivity contribution in [1.82, 2.24) is 4.90 Å². The Bertz CT molecular complexity index is 473. The van der Waals surface area contributed by atoms with E-state index in [1.165, 1.54) is 19.3 Å². The molecule has 0 amide bonds. The van der Waals surface area contributed by atoms with Gasteiger partial charge in [-0.25, -0.2) is 0 Å². The fourth-order valence-corrected chi connectivity index (χ4v) is 2.46. The lowest BCUT2D eigenvalue weighted by molar-refractivity contribution is 0.103. The Morgan fingerprint density at radius 2 is 1.88 bits per heavy atom. The van der Waals surface area contributed by atoms with E-state index in [0.29, 0.717) is 5.70 Å². The molecule has 0 bridgehead atoms. The molecular weight excluding hydrogens is 212 g/mol. The van der Waals surface area contributed by atoms with Crippen molar-refractivity contribution in [2.45, 2.75) is 19.3 Å². The second-order valence-electron chi connectivity index (χ2n) is 4.64. The van der Waals surface area contributed by atoms with E-state index >= 15 is 0 Å². The first-order valence-electron chi connectivity index (χ1n) is 6.21. The number of allylic oxidation sites excluding steroid dienone is 1. The molecule has 0 aromatic heterocycles. The van der Waals surface area contributed by atoms with Crippen LogP contribution in [-0.2, 0) is 0 Å². The number of piperidine rings is 1. The molecule has 3 nitrogen and oxygen atoms in total. The van der Waals surface area contributed by atoms with Gasteiger partial charge < -0.3 is 10.2 Å². The average Bonchev–Trinajstić information content (AvgIpc) is 2.68. The van der Waals surface area contributed by atoms with Crippen LogP contribution in [0.3, 0.4) is 0 Å². The predicted octanol–water partition coefficient (Wildman–Crippen LogP) is 2.62. The molecule has 1 fully saturated rings. The number of carbonyl (C=O) groups is 1. The summed E-state index contributed by atoms with van der Waals surface area (Å²) in [4.78, 5) is 14.4. The Balaban J connectivity index is 1.83. The van der Waals surface area contributed by atoms with Gasteiger partial charge in [-0.2, -0.15) is 0 Å².